The maximum Gasteiger partial charge on any atom is 0.506 e. The number of ether oxygens (including phenoxy) is 2. The average Bonchev–Trinajstić information content (AvgIpc) is 2.36. The minimum Gasteiger partial charge on any atom is -0.450 e. The summed E-state index contributed by atoms with van der Waals surface area (Å²) >= 11 is 0. The van der Waals surface area contributed by atoms with Crippen LogP contribution >= 0.6 is 0 Å². The van der Waals surface area contributed by atoms with E-state index in [9.17, 15) is 4.79 Å². The Morgan fingerprint density at radius 1 is 1.26 bits per heavy atom. The number of hydrogen-bond acceptors (Lipinski definition) is 3. The van der Waals surface area contributed by atoms with E-state index < -0.39 is 17.7 Å². The summed E-state index contributed by atoms with van der Waals surface area (Å²) in [5, 5.41) is 8.81. The van der Waals surface area contributed by atoms with Crippen molar-refractivity contribution in [3.8, 4) is 0 Å². The Labute approximate surface area is 114 Å². The molecular weight excluding hydrogens is 244 g/mol. The van der Waals surface area contributed by atoms with Gasteiger partial charge in [0.25, 0.3) is 0 Å². The predicted octanol–water partition coefficient (Wildman–Crippen LogP) is 3.45. The molecule has 1 aromatic rings. The molecule has 0 aliphatic rings. The van der Waals surface area contributed by atoms with Gasteiger partial charge in [-0.05, 0) is 33.3 Å². The molecular formula is C15H22O4. The van der Waals surface area contributed by atoms with E-state index in [1.807, 2.05) is 51.1 Å². The molecule has 4 heteroatoms. The largest absolute Gasteiger partial charge is 0.506 e. The molecule has 2 unspecified atom stereocenters. The molecule has 0 aliphatic heterocycles. The topological polar surface area (TPSA) is 55.8 Å². The third kappa shape index (κ3) is 4.24. The molecule has 19 heavy (non-hydrogen) atoms. The molecule has 0 saturated carbocycles. The van der Waals surface area contributed by atoms with Gasteiger partial charge in [-0.3, -0.25) is 0 Å². The minimum atomic E-state index is -1.26. The van der Waals surface area contributed by atoms with Crippen LogP contribution in [0.3, 0.4) is 0 Å². The van der Waals surface area contributed by atoms with E-state index in [2.05, 4.69) is 0 Å². The van der Waals surface area contributed by atoms with Crippen LogP contribution in [0, 0.1) is 0 Å². The van der Waals surface area contributed by atoms with E-state index in [4.69, 9.17) is 14.6 Å². The Bertz CT molecular complexity index is 402. The Hall–Kier alpha value is -1.55. The molecule has 1 aromatic carbocycles. The number of carboxylic acid groups (broad SMARTS) is 1. The first kappa shape index (κ1) is 15.5. The molecule has 0 spiro atoms. The van der Waals surface area contributed by atoms with Gasteiger partial charge in [-0.15, -0.1) is 0 Å². The zero-order valence-corrected chi connectivity index (χ0v) is 11.9. The molecule has 0 aromatic heterocycles. The van der Waals surface area contributed by atoms with Crippen molar-refractivity contribution in [1.29, 1.82) is 0 Å². The Morgan fingerprint density at radius 3 is 2.32 bits per heavy atom. The summed E-state index contributed by atoms with van der Waals surface area (Å²) in [7, 11) is 0. The standard InChI is InChI=1S/C15H22O4/c1-11(2)18-10-15(4,12(3)19-14(16)17)13-8-6-5-7-9-13/h5-9,11-12H,10H2,1-4H3,(H,16,17). The number of benzene rings is 1. The van der Waals surface area contributed by atoms with Crippen LogP contribution in [0.4, 0.5) is 4.79 Å². The van der Waals surface area contributed by atoms with Crippen LogP contribution in [0.15, 0.2) is 30.3 Å². The Kier molecular flexibility index (Phi) is 5.36. The zero-order chi connectivity index (χ0) is 14.5. The summed E-state index contributed by atoms with van der Waals surface area (Å²) in [6.07, 6.45) is -1.68. The second-order valence-corrected chi connectivity index (χ2v) is 5.17. The fraction of sp³-hybridized carbons (Fsp3) is 0.533. The monoisotopic (exact) mass is 266 g/mol. The summed E-state index contributed by atoms with van der Waals surface area (Å²) in [5.74, 6) is 0. The van der Waals surface area contributed by atoms with Gasteiger partial charge in [-0.2, -0.15) is 0 Å². The predicted molar refractivity (Wildman–Crippen MR) is 73.5 cm³/mol. The number of rotatable bonds is 6. The van der Waals surface area contributed by atoms with Gasteiger partial charge < -0.3 is 14.6 Å². The highest BCUT2D eigenvalue weighted by Crippen LogP contribution is 2.30. The fourth-order valence-electron chi connectivity index (χ4n) is 1.88. The van der Waals surface area contributed by atoms with Gasteiger partial charge in [0.05, 0.1) is 18.1 Å². The van der Waals surface area contributed by atoms with Crippen molar-refractivity contribution in [2.24, 2.45) is 0 Å². The lowest BCUT2D eigenvalue weighted by Crippen LogP contribution is -2.42. The first-order chi connectivity index (χ1) is 8.86. The number of hydrogen-bond donors (Lipinski definition) is 1. The molecule has 0 bridgehead atoms. The Morgan fingerprint density at radius 2 is 1.84 bits per heavy atom. The highest BCUT2D eigenvalue weighted by atomic mass is 16.7. The molecule has 2 atom stereocenters. The van der Waals surface area contributed by atoms with Crippen molar-refractivity contribution in [3.63, 3.8) is 0 Å². The van der Waals surface area contributed by atoms with E-state index in [0.29, 0.717) is 6.61 Å². The number of carbonyl (C=O) groups is 1. The fourth-order valence-corrected chi connectivity index (χ4v) is 1.88. The smallest absolute Gasteiger partial charge is 0.450 e. The van der Waals surface area contributed by atoms with Gasteiger partial charge in [0.15, 0.2) is 0 Å². The van der Waals surface area contributed by atoms with E-state index in [1.165, 1.54) is 0 Å². The van der Waals surface area contributed by atoms with Crippen molar-refractivity contribution in [2.45, 2.75) is 45.3 Å². The Balaban J connectivity index is 2.99. The van der Waals surface area contributed by atoms with Gasteiger partial charge >= 0.3 is 6.16 Å². The van der Waals surface area contributed by atoms with Gasteiger partial charge in [-0.1, -0.05) is 30.3 Å². The lowest BCUT2D eigenvalue weighted by atomic mass is 9.78. The van der Waals surface area contributed by atoms with E-state index in [-0.39, 0.29) is 6.10 Å². The highest BCUT2D eigenvalue weighted by Gasteiger charge is 2.36. The maximum absolute atomic E-state index is 10.8. The maximum atomic E-state index is 10.8. The van der Waals surface area contributed by atoms with Gasteiger partial charge in [0, 0.05) is 0 Å². The van der Waals surface area contributed by atoms with Gasteiger partial charge in [0.2, 0.25) is 0 Å². The van der Waals surface area contributed by atoms with Crippen LogP contribution in [0.1, 0.15) is 33.3 Å². The van der Waals surface area contributed by atoms with Crippen LogP contribution < -0.4 is 0 Å². The molecule has 1 rings (SSSR count). The van der Waals surface area contributed by atoms with Crippen molar-refractivity contribution in [1.82, 2.24) is 0 Å². The molecule has 0 amide bonds. The van der Waals surface area contributed by atoms with Crippen LogP contribution in [-0.4, -0.2) is 30.1 Å². The first-order valence-electron chi connectivity index (χ1n) is 6.43. The van der Waals surface area contributed by atoms with Crippen LogP contribution in [0.25, 0.3) is 0 Å². The highest BCUT2D eigenvalue weighted by molar-refractivity contribution is 5.57. The molecule has 106 valence electrons. The first-order valence-corrected chi connectivity index (χ1v) is 6.43. The molecule has 0 aliphatic carbocycles. The van der Waals surface area contributed by atoms with Crippen molar-refractivity contribution in [3.05, 3.63) is 35.9 Å². The van der Waals surface area contributed by atoms with Crippen molar-refractivity contribution < 1.29 is 19.4 Å². The third-order valence-electron chi connectivity index (χ3n) is 3.32. The normalized spacial score (nSPS) is 15.8. The van der Waals surface area contributed by atoms with E-state index in [1.54, 1.807) is 6.92 Å². The second kappa shape index (κ2) is 6.57. The lowest BCUT2D eigenvalue weighted by molar-refractivity contribution is -0.0255. The summed E-state index contributed by atoms with van der Waals surface area (Å²) in [6, 6.07) is 9.71. The van der Waals surface area contributed by atoms with Crippen LogP contribution in [0.2, 0.25) is 0 Å². The molecule has 0 fully saturated rings. The summed E-state index contributed by atoms with van der Waals surface area (Å²) < 4.78 is 10.6. The van der Waals surface area contributed by atoms with E-state index >= 15 is 0 Å². The zero-order valence-electron chi connectivity index (χ0n) is 11.9. The summed E-state index contributed by atoms with van der Waals surface area (Å²) in [6.45, 7) is 8.02. The van der Waals surface area contributed by atoms with Gasteiger partial charge in [0.1, 0.15) is 6.10 Å². The van der Waals surface area contributed by atoms with Crippen molar-refractivity contribution in [2.75, 3.05) is 6.61 Å². The molecule has 1 N–H and O–H groups in total. The quantitative estimate of drug-likeness (QED) is 0.801. The summed E-state index contributed by atoms with van der Waals surface area (Å²) in [5.41, 5.74) is 0.494. The average molecular weight is 266 g/mol. The molecule has 0 saturated heterocycles. The molecule has 0 heterocycles. The molecule has 0 radical (unpaired) electrons. The van der Waals surface area contributed by atoms with Gasteiger partial charge in [-0.25, -0.2) is 4.79 Å². The van der Waals surface area contributed by atoms with Crippen LogP contribution in [0.5, 0.6) is 0 Å². The van der Waals surface area contributed by atoms with Crippen molar-refractivity contribution >= 4 is 6.16 Å². The lowest BCUT2D eigenvalue weighted by Gasteiger charge is -2.35. The van der Waals surface area contributed by atoms with E-state index in [0.717, 1.165) is 5.56 Å². The minimum absolute atomic E-state index is 0.0834. The third-order valence-corrected chi connectivity index (χ3v) is 3.32. The SMILES string of the molecule is CC(C)OCC(C)(c1ccccc1)C(C)OC(=O)O. The summed E-state index contributed by atoms with van der Waals surface area (Å²) in [4.78, 5) is 10.8. The molecule has 4 nitrogen and oxygen atoms in total. The van der Waals surface area contributed by atoms with Crippen LogP contribution in [-0.2, 0) is 14.9 Å². The second-order valence-electron chi connectivity index (χ2n) is 5.17.